The van der Waals surface area contributed by atoms with Gasteiger partial charge in [-0.2, -0.15) is 4.31 Å². The van der Waals surface area contributed by atoms with Crippen LogP contribution in [-0.4, -0.2) is 31.9 Å². The molecule has 4 nitrogen and oxygen atoms in total. The predicted molar refractivity (Wildman–Crippen MR) is 86.5 cm³/mol. The van der Waals surface area contributed by atoms with Crippen molar-refractivity contribution in [3.8, 4) is 0 Å². The minimum absolute atomic E-state index is 0. The van der Waals surface area contributed by atoms with Crippen LogP contribution in [-0.2, 0) is 10.0 Å². The lowest BCUT2D eigenvalue weighted by atomic mass is 9.81. The normalized spacial score (nSPS) is 22.6. The molecule has 2 rings (SSSR count). The Hall–Kier alpha value is -0.210. The van der Waals surface area contributed by atoms with E-state index in [9.17, 15) is 12.8 Å². The smallest absolute Gasteiger partial charge is 0.246 e. The Balaban J connectivity index is 0.00000220. The van der Waals surface area contributed by atoms with Gasteiger partial charge in [-0.05, 0) is 30.0 Å². The average molecular weight is 402 g/mol. The van der Waals surface area contributed by atoms with Gasteiger partial charge in [0, 0.05) is 23.6 Å². The molecule has 1 heterocycles. The molecular weight excluding hydrogens is 383 g/mol. The molecule has 0 radical (unpaired) electrons. The molecule has 1 aliphatic heterocycles. The van der Waals surface area contributed by atoms with E-state index in [1.54, 1.807) is 0 Å². The summed E-state index contributed by atoms with van der Waals surface area (Å²) < 4.78 is 40.8. The van der Waals surface area contributed by atoms with E-state index in [0.717, 1.165) is 6.07 Å². The fourth-order valence-corrected chi connectivity index (χ4v) is 4.36. The molecule has 1 aromatic rings. The average Bonchev–Trinajstić information content (AvgIpc) is 2.31. The van der Waals surface area contributed by atoms with Gasteiger partial charge < -0.3 is 5.73 Å². The Morgan fingerprint density at radius 3 is 2.57 bits per heavy atom. The van der Waals surface area contributed by atoms with Crippen molar-refractivity contribution < 1.29 is 12.8 Å². The largest absolute Gasteiger partial charge is 0.327 e. The van der Waals surface area contributed by atoms with Gasteiger partial charge in [0.25, 0.3) is 0 Å². The van der Waals surface area contributed by atoms with E-state index in [2.05, 4.69) is 15.9 Å². The summed E-state index contributed by atoms with van der Waals surface area (Å²) in [5.74, 6) is -0.743. The number of nitrogens with zero attached hydrogens (tertiary/aromatic N) is 1. The third-order valence-corrected chi connectivity index (χ3v) is 6.16. The number of hydrogen-bond acceptors (Lipinski definition) is 3. The van der Waals surface area contributed by atoms with Crippen molar-refractivity contribution in [1.29, 1.82) is 0 Å². The molecule has 1 saturated heterocycles. The number of benzene rings is 1. The fraction of sp³-hybridized carbons (Fsp3) is 0.538. The first-order valence-electron chi connectivity index (χ1n) is 6.35. The van der Waals surface area contributed by atoms with Gasteiger partial charge >= 0.3 is 0 Å². The maximum absolute atomic E-state index is 13.9. The lowest BCUT2D eigenvalue weighted by molar-refractivity contribution is 0.155. The zero-order chi connectivity index (χ0) is 15.1. The summed E-state index contributed by atoms with van der Waals surface area (Å²) in [6.45, 7) is 4.48. The van der Waals surface area contributed by atoms with E-state index in [1.807, 2.05) is 13.8 Å². The van der Waals surface area contributed by atoms with Gasteiger partial charge in [-0.25, -0.2) is 12.8 Å². The zero-order valence-electron chi connectivity index (χ0n) is 11.8. The number of piperidine rings is 1. The van der Waals surface area contributed by atoms with E-state index in [1.165, 1.54) is 16.4 Å². The Bertz CT molecular complexity index is 625. The molecule has 0 spiro atoms. The predicted octanol–water partition coefficient (Wildman–Crippen LogP) is 2.76. The Labute approximate surface area is 139 Å². The van der Waals surface area contributed by atoms with E-state index in [-0.39, 0.29) is 28.8 Å². The Morgan fingerprint density at radius 2 is 2.05 bits per heavy atom. The fourth-order valence-electron chi connectivity index (χ4n) is 2.35. The maximum atomic E-state index is 13.9. The molecule has 120 valence electrons. The summed E-state index contributed by atoms with van der Waals surface area (Å²) >= 11 is 3.12. The second-order valence-electron chi connectivity index (χ2n) is 5.80. The van der Waals surface area contributed by atoms with Gasteiger partial charge in [-0.1, -0.05) is 29.8 Å². The van der Waals surface area contributed by atoms with Gasteiger partial charge in [0.15, 0.2) is 0 Å². The molecule has 21 heavy (non-hydrogen) atoms. The Morgan fingerprint density at radius 1 is 1.43 bits per heavy atom. The van der Waals surface area contributed by atoms with Crippen molar-refractivity contribution in [2.24, 2.45) is 11.1 Å². The molecule has 1 atom stereocenters. The molecule has 0 bridgehead atoms. The third-order valence-electron chi connectivity index (χ3n) is 3.79. The second kappa shape index (κ2) is 6.50. The highest BCUT2D eigenvalue weighted by molar-refractivity contribution is 9.10. The first-order chi connectivity index (χ1) is 9.14. The maximum Gasteiger partial charge on any atom is 0.246 e. The monoisotopic (exact) mass is 400 g/mol. The Kier molecular flexibility index (Phi) is 5.83. The number of rotatable bonds is 2. The molecule has 0 aliphatic carbocycles. The van der Waals surface area contributed by atoms with Crippen LogP contribution in [0.3, 0.4) is 0 Å². The number of sulfonamides is 1. The quantitative estimate of drug-likeness (QED) is 0.829. The molecule has 1 fully saturated rings. The highest BCUT2D eigenvalue weighted by atomic mass is 79.9. The second-order valence-corrected chi connectivity index (χ2v) is 8.62. The number of nitrogens with two attached hydrogens (primary N) is 1. The topological polar surface area (TPSA) is 63.4 Å². The van der Waals surface area contributed by atoms with E-state index in [4.69, 9.17) is 5.73 Å². The minimum Gasteiger partial charge on any atom is -0.327 e. The van der Waals surface area contributed by atoms with Crippen LogP contribution in [0.25, 0.3) is 0 Å². The highest BCUT2D eigenvalue weighted by Gasteiger charge is 2.39. The highest BCUT2D eigenvalue weighted by Crippen LogP contribution is 2.32. The van der Waals surface area contributed by atoms with Crippen molar-refractivity contribution >= 4 is 38.4 Å². The van der Waals surface area contributed by atoms with Crippen molar-refractivity contribution in [3.05, 3.63) is 28.5 Å². The lowest BCUT2D eigenvalue weighted by Gasteiger charge is -2.41. The van der Waals surface area contributed by atoms with Crippen LogP contribution in [0.15, 0.2) is 27.6 Å². The standard InChI is InChI=1S/C13H18BrFN2O2S.ClH/c1-13(2)8-17(6-5-12(13)16)20(18,19)11-4-3-9(14)7-10(11)15;/h3-4,7,12H,5-6,8,16H2,1-2H3;1H. The number of halogens is 3. The lowest BCUT2D eigenvalue weighted by Crippen LogP contribution is -2.53. The van der Waals surface area contributed by atoms with Crippen molar-refractivity contribution in [2.75, 3.05) is 13.1 Å². The van der Waals surface area contributed by atoms with Crippen LogP contribution in [0.2, 0.25) is 0 Å². The van der Waals surface area contributed by atoms with E-state index in [0.29, 0.717) is 24.0 Å². The molecule has 1 unspecified atom stereocenters. The van der Waals surface area contributed by atoms with Crippen molar-refractivity contribution in [2.45, 2.75) is 31.2 Å². The van der Waals surface area contributed by atoms with Gasteiger partial charge in [0.2, 0.25) is 10.0 Å². The van der Waals surface area contributed by atoms with Crippen molar-refractivity contribution in [3.63, 3.8) is 0 Å². The molecule has 0 amide bonds. The number of hydrogen-bond donors (Lipinski definition) is 1. The van der Waals surface area contributed by atoms with Gasteiger partial charge in [0.1, 0.15) is 10.7 Å². The van der Waals surface area contributed by atoms with Crippen molar-refractivity contribution in [1.82, 2.24) is 4.31 Å². The van der Waals surface area contributed by atoms with Gasteiger partial charge in [-0.15, -0.1) is 12.4 Å². The summed E-state index contributed by atoms with van der Waals surface area (Å²) in [7, 11) is -3.82. The summed E-state index contributed by atoms with van der Waals surface area (Å²) in [5, 5.41) is 0. The first kappa shape index (κ1) is 18.8. The molecule has 8 heteroatoms. The van der Waals surface area contributed by atoms with Gasteiger partial charge in [0.05, 0.1) is 0 Å². The van der Waals surface area contributed by atoms with Crippen LogP contribution >= 0.6 is 28.3 Å². The molecule has 0 saturated carbocycles. The SMILES string of the molecule is CC1(C)CN(S(=O)(=O)c2ccc(Br)cc2F)CCC1N.Cl. The minimum atomic E-state index is -3.82. The summed E-state index contributed by atoms with van der Waals surface area (Å²) in [6, 6.07) is 3.92. The molecule has 0 aromatic heterocycles. The summed E-state index contributed by atoms with van der Waals surface area (Å²) in [5.41, 5.74) is 5.68. The van der Waals surface area contributed by atoms with E-state index < -0.39 is 15.8 Å². The zero-order valence-corrected chi connectivity index (χ0v) is 15.1. The molecule has 1 aliphatic rings. The van der Waals surface area contributed by atoms with Crippen LogP contribution in [0.4, 0.5) is 4.39 Å². The van der Waals surface area contributed by atoms with E-state index >= 15 is 0 Å². The summed E-state index contributed by atoms with van der Waals surface area (Å²) in [6.07, 6.45) is 0.574. The molecular formula is C13H19BrClFN2O2S. The van der Waals surface area contributed by atoms with Crippen LogP contribution in [0.5, 0.6) is 0 Å². The molecule has 2 N–H and O–H groups in total. The van der Waals surface area contributed by atoms with Crippen LogP contribution < -0.4 is 5.73 Å². The summed E-state index contributed by atoms with van der Waals surface area (Å²) in [4.78, 5) is -0.285. The molecule has 1 aromatic carbocycles. The van der Waals surface area contributed by atoms with Crippen LogP contribution in [0.1, 0.15) is 20.3 Å². The third kappa shape index (κ3) is 3.76. The van der Waals surface area contributed by atoms with Gasteiger partial charge in [-0.3, -0.25) is 0 Å². The van der Waals surface area contributed by atoms with Crippen LogP contribution in [0, 0.1) is 11.2 Å². The first-order valence-corrected chi connectivity index (χ1v) is 8.59.